The van der Waals surface area contributed by atoms with Gasteiger partial charge in [0.05, 0.1) is 17.9 Å². The molecule has 118 valence electrons. The van der Waals surface area contributed by atoms with Gasteiger partial charge in [-0.25, -0.2) is 9.78 Å². The Kier molecular flexibility index (Phi) is 4.18. The molecule has 0 unspecified atom stereocenters. The van der Waals surface area contributed by atoms with E-state index in [9.17, 15) is 4.79 Å². The molecule has 0 spiro atoms. The average Bonchev–Trinajstić information content (AvgIpc) is 2.81. The molecule has 2 aromatic heterocycles. The zero-order chi connectivity index (χ0) is 16.6. The van der Waals surface area contributed by atoms with Crippen LogP contribution in [0.15, 0.2) is 30.3 Å². The number of benzene rings is 1. The molecule has 0 amide bonds. The van der Waals surface area contributed by atoms with Gasteiger partial charge in [-0.15, -0.1) is 11.3 Å². The number of carbonyl (C=O) groups excluding carboxylic acids is 1. The van der Waals surface area contributed by atoms with Crippen LogP contribution >= 0.6 is 11.3 Å². The van der Waals surface area contributed by atoms with E-state index in [0.717, 1.165) is 27.0 Å². The average molecular weight is 325 g/mol. The molecule has 3 rings (SSSR count). The number of fused-ring (bicyclic) bond motifs is 1. The minimum Gasteiger partial charge on any atom is -0.462 e. The Hall–Kier alpha value is -2.20. The molecule has 2 heterocycles. The van der Waals surface area contributed by atoms with Gasteiger partial charge in [0.25, 0.3) is 0 Å². The molecule has 23 heavy (non-hydrogen) atoms. The van der Waals surface area contributed by atoms with Gasteiger partial charge in [0.2, 0.25) is 0 Å². The summed E-state index contributed by atoms with van der Waals surface area (Å²) in [6.45, 7) is 8.23. The second-order valence-corrected chi connectivity index (χ2v) is 6.70. The van der Waals surface area contributed by atoms with E-state index in [1.165, 1.54) is 10.4 Å². The summed E-state index contributed by atoms with van der Waals surface area (Å²) in [5.74, 6) is -0.304. The van der Waals surface area contributed by atoms with Crippen LogP contribution in [0.5, 0.6) is 0 Å². The minimum atomic E-state index is -0.304. The third-order valence-corrected chi connectivity index (χ3v) is 5.14. The Bertz CT molecular complexity index is 882. The fourth-order valence-corrected chi connectivity index (χ4v) is 3.93. The molecule has 0 saturated heterocycles. The van der Waals surface area contributed by atoms with Crippen molar-refractivity contribution in [1.29, 1.82) is 0 Å². The van der Waals surface area contributed by atoms with E-state index >= 15 is 0 Å². The molecule has 1 aromatic carbocycles. The first-order valence-electron chi connectivity index (χ1n) is 7.67. The van der Waals surface area contributed by atoms with Crippen LogP contribution < -0.4 is 0 Å². The van der Waals surface area contributed by atoms with Gasteiger partial charge in [0.15, 0.2) is 0 Å². The van der Waals surface area contributed by atoms with Crippen molar-refractivity contribution in [2.45, 2.75) is 27.7 Å². The van der Waals surface area contributed by atoms with E-state index in [1.54, 1.807) is 11.3 Å². The Labute approximate surface area is 139 Å². The summed E-state index contributed by atoms with van der Waals surface area (Å²) in [5.41, 5.74) is 4.43. The summed E-state index contributed by atoms with van der Waals surface area (Å²) in [6.07, 6.45) is 0. The molecule has 0 aliphatic rings. The van der Waals surface area contributed by atoms with Gasteiger partial charge in [-0.3, -0.25) is 0 Å². The largest absolute Gasteiger partial charge is 0.462 e. The number of pyridine rings is 1. The van der Waals surface area contributed by atoms with Crippen LogP contribution in [-0.2, 0) is 4.74 Å². The van der Waals surface area contributed by atoms with E-state index in [2.05, 4.69) is 18.8 Å². The fraction of sp³-hybridized carbons (Fsp3) is 0.263. The molecular weight excluding hydrogens is 306 g/mol. The van der Waals surface area contributed by atoms with Gasteiger partial charge < -0.3 is 4.74 Å². The van der Waals surface area contributed by atoms with Crippen LogP contribution in [-0.4, -0.2) is 17.6 Å². The topological polar surface area (TPSA) is 39.2 Å². The van der Waals surface area contributed by atoms with Gasteiger partial charge in [0.1, 0.15) is 4.83 Å². The predicted molar refractivity (Wildman–Crippen MR) is 95.2 cm³/mol. The van der Waals surface area contributed by atoms with Crippen molar-refractivity contribution in [1.82, 2.24) is 4.98 Å². The van der Waals surface area contributed by atoms with Crippen LogP contribution in [0.3, 0.4) is 0 Å². The highest BCUT2D eigenvalue weighted by Gasteiger charge is 2.23. The van der Waals surface area contributed by atoms with Crippen molar-refractivity contribution >= 4 is 27.5 Å². The maximum atomic E-state index is 12.6. The summed E-state index contributed by atoms with van der Waals surface area (Å²) >= 11 is 1.67. The number of aryl methyl sites for hydroxylation is 3. The first-order valence-corrected chi connectivity index (χ1v) is 8.49. The SMILES string of the molecule is CCOC(=O)c1c(C)nc2sc(C)c(C)c2c1-c1ccccc1. The Balaban J connectivity index is 2.44. The summed E-state index contributed by atoms with van der Waals surface area (Å²) in [5, 5.41) is 1.06. The summed E-state index contributed by atoms with van der Waals surface area (Å²) in [6, 6.07) is 10.0. The third kappa shape index (κ3) is 2.63. The molecule has 3 aromatic rings. The smallest absolute Gasteiger partial charge is 0.340 e. The van der Waals surface area contributed by atoms with Crippen molar-refractivity contribution < 1.29 is 9.53 Å². The number of esters is 1. The van der Waals surface area contributed by atoms with Crippen LogP contribution in [0, 0.1) is 20.8 Å². The highest BCUT2D eigenvalue weighted by molar-refractivity contribution is 7.18. The number of hydrogen-bond acceptors (Lipinski definition) is 4. The van der Waals surface area contributed by atoms with E-state index in [4.69, 9.17) is 4.74 Å². The van der Waals surface area contributed by atoms with Crippen LogP contribution in [0.25, 0.3) is 21.3 Å². The monoisotopic (exact) mass is 325 g/mol. The molecule has 0 aliphatic carbocycles. The van der Waals surface area contributed by atoms with E-state index in [0.29, 0.717) is 12.2 Å². The highest BCUT2D eigenvalue weighted by atomic mass is 32.1. The van der Waals surface area contributed by atoms with Gasteiger partial charge in [0, 0.05) is 15.8 Å². The van der Waals surface area contributed by atoms with Crippen molar-refractivity contribution in [3.8, 4) is 11.1 Å². The summed E-state index contributed by atoms with van der Waals surface area (Å²) in [4.78, 5) is 19.4. The molecular formula is C19H19NO2S. The zero-order valence-corrected chi connectivity index (χ0v) is 14.6. The number of thiophene rings is 1. The Morgan fingerprint density at radius 3 is 2.52 bits per heavy atom. The standard InChI is InChI=1S/C19H19NO2S/c1-5-22-19(21)16-12(3)20-18-15(11(2)13(4)23-18)17(16)14-9-7-6-8-10-14/h6-10H,5H2,1-4H3. The van der Waals surface area contributed by atoms with E-state index in [1.807, 2.05) is 44.2 Å². The lowest BCUT2D eigenvalue weighted by Crippen LogP contribution is -2.10. The number of ether oxygens (including phenoxy) is 1. The predicted octanol–water partition coefficient (Wildman–Crippen LogP) is 5.07. The normalized spacial score (nSPS) is 11.0. The number of rotatable bonds is 3. The number of aromatic nitrogens is 1. The molecule has 0 N–H and O–H groups in total. The Morgan fingerprint density at radius 1 is 1.17 bits per heavy atom. The fourth-order valence-electron chi connectivity index (χ4n) is 2.84. The molecule has 0 bridgehead atoms. The lowest BCUT2D eigenvalue weighted by molar-refractivity contribution is 0.0526. The maximum Gasteiger partial charge on any atom is 0.340 e. The Morgan fingerprint density at radius 2 is 1.87 bits per heavy atom. The quantitative estimate of drug-likeness (QED) is 0.631. The van der Waals surface area contributed by atoms with Gasteiger partial charge >= 0.3 is 5.97 Å². The van der Waals surface area contributed by atoms with Gasteiger partial charge in [-0.1, -0.05) is 30.3 Å². The third-order valence-electron chi connectivity index (χ3n) is 4.04. The number of hydrogen-bond donors (Lipinski definition) is 0. The van der Waals surface area contributed by atoms with E-state index in [-0.39, 0.29) is 5.97 Å². The van der Waals surface area contributed by atoms with Crippen molar-refractivity contribution in [3.63, 3.8) is 0 Å². The minimum absolute atomic E-state index is 0.304. The van der Waals surface area contributed by atoms with Gasteiger partial charge in [-0.05, 0) is 38.8 Å². The second kappa shape index (κ2) is 6.13. The zero-order valence-electron chi connectivity index (χ0n) is 13.8. The van der Waals surface area contributed by atoms with Crippen molar-refractivity contribution in [2.24, 2.45) is 0 Å². The first-order chi connectivity index (χ1) is 11.0. The highest BCUT2D eigenvalue weighted by Crippen LogP contribution is 2.39. The number of carbonyl (C=O) groups is 1. The molecule has 4 heteroatoms. The number of nitrogens with zero attached hydrogens (tertiary/aromatic N) is 1. The summed E-state index contributed by atoms with van der Waals surface area (Å²) in [7, 11) is 0. The van der Waals surface area contributed by atoms with E-state index < -0.39 is 0 Å². The van der Waals surface area contributed by atoms with Crippen LogP contribution in [0.4, 0.5) is 0 Å². The summed E-state index contributed by atoms with van der Waals surface area (Å²) < 4.78 is 5.29. The van der Waals surface area contributed by atoms with Crippen molar-refractivity contribution in [2.75, 3.05) is 6.61 Å². The molecule has 3 nitrogen and oxygen atoms in total. The lowest BCUT2D eigenvalue weighted by Gasteiger charge is -2.14. The molecule has 0 saturated carbocycles. The maximum absolute atomic E-state index is 12.6. The van der Waals surface area contributed by atoms with Crippen LogP contribution in [0.1, 0.15) is 33.4 Å². The van der Waals surface area contributed by atoms with Crippen LogP contribution in [0.2, 0.25) is 0 Å². The first kappa shape index (κ1) is 15.7. The second-order valence-electron chi connectivity index (χ2n) is 5.50. The molecule has 0 radical (unpaired) electrons. The molecule has 0 atom stereocenters. The lowest BCUT2D eigenvalue weighted by atomic mass is 9.94. The van der Waals surface area contributed by atoms with Gasteiger partial charge in [-0.2, -0.15) is 0 Å². The van der Waals surface area contributed by atoms with Crippen molar-refractivity contribution in [3.05, 3.63) is 52.0 Å². The molecule has 0 fully saturated rings. The molecule has 0 aliphatic heterocycles.